The van der Waals surface area contributed by atoms with Crippen LogP contribution in [0.1, 0.15) is 46.6 Å². The second kappa shape index (κ2) is 8.25. The van der Waals surface area contributed by atoms with E-state index in [0.717, 1.165) is 27.8 Å². The number of imide groups is 1. The van der Waals surface area contributed by atoms with Gasteiger partial charge in [-0.15, -0.1) is 0 Å². The van der Waals surface area contributed by atoms with E-state index >= 15 is 0 Å². The molecule has 1 heterocycles. The Balaban J connectivity index is 1.21. The zero-order chi connectivity index (χ0) is 26.0. The Kier molecular flexibility index (Phi) is 4.92. The van der Waals surface area contributed by atoms with E-state index in [0.29, 0.717) is 11.4 Å². The van der Waals surface area contributed by atoms with Gasteiger partial charge in [-0.05, 0) is 59.0 Å². The van der Waals surface area contributed by atoms with Crippen molar-refractivity contribution >= 4 is 23.5 Å². The fraction of sp³-hybridized carbons (Fsp3) is 0.182. The molecule has 2 amide bonds. The zero-order valence-corrected chi connectivity index (χ0v) is 20.8. The molecule has 0 aromatic heterocycles. The van der Waals surface area contributed by atoms with Crippen LogP contribution in [0.3, 0.4) is 0 Å². The van der Waals surface area contributed by atoms with Crippen LogP contribution in [0.4, 0.5) is 5.69 Å². The summed E-state index contributed by atoms with van der Waals surface area (Å²) in [6.07, 6.45) is 0.162. The summed E-state index contributed by atoms with van der Waals surface area (Å²) in [5, 5.41) is 0. The third-order valence-electron chi connectivity index (χ3n) is 8.53. The third-order valence-corrected chi connectivity index (χ3v) is 8.53. The highest BCUT2D eigenvalue weighted by Gasteiger charge is 2.68. The van der Waals surface area contributed by atoms with E-state index < -0.39 is 11.3 Å². The van der Waals surface area contributed by atoms with Crippen LogP contribution in [0.15, 0.2) is 103 Å². The van der Waals surface area contributed by atoms with Crippen LogP contribution in [0, 0.1) is 11.3 Å². The molecule has 2 bridgehead atoms. The van der Waals surface area contributed by atoms with Crippen molar-refractivity contribution in [3.05, 3.63) is 131 Å². The van der Waals surface area contributed by atoms with Gasteiger partial charge in [-0.2, -0.15) is 0 Å². The smallest absolute Gasteiger partial charge is 0.315 e. The van der Waals surface area contributed by atoms with Gasteiger partial charge in [0.2, 0.25) is 11.8 Å². The van der Waals surface area contributed by atoms with E-state index in [9.17, 15) is 14.4 Å². The first-order chi connectivity index (χ1) is 18.5. The Morgan fingerprint density at radius 2 is 1.32 bits per heavy atom. The van der Waals surface area contributed by atoms with Crippen molar-refractivity contribution in [1.29, 1.82) is 0 Å². The van der Waals surface area contributed by atoms with Crippen molar-refractivity contribution in [2.75, 3.05) is 4.90 Å². The summed E-state index contributed by atoms with van der Waals surface area (Å²) < 4.78 is 5.51. The summed E-state index contributed by atoms with van der Waals surface area (Å²) in [7, 11) is 0. The van der Waals surface area contributed by atoms with Crippen LogP contribution >= 0.6 is 0 Å². The summed E-state index contributed by atoms with van der Waals surface area (Å²) >= 11 is 0. The van der Waals surface area contributed by atoms with Crippen molar-refractivity contribution in [2.45, 2.75) is 25.2 Å². The van der Waals surface area contributed by atoms with E-state index in [-0.39, 0.29) is 36.0 Å². The Morgan fingerprint density at radius 3 is 1.92 bits per heavy atom. The fourth-order valence-corrected chi connectivity index (χ4v) is 6.95. The Bertz CT molecular complexity index is 1560. The van der Waals surface area contributed by atoms with Gasteiger partial charge in [-0.25, -0.2) is 4.90 Å². The van der Waals surface area contributed by atoms with Gasteiger partial charge in [0.1, 0.15) is 5.75 Å². The first-order valence-electron chi connectivity index (χ1n) is 12.9. The van der Waals surface area contributed by atoms with Gasteiger partial charge in [0.25, 0.3) is 0 Å². The summed E-state index contributed by atoms with van der Waals surface area (Å²) in [5.41, 5.74) is 5.04. The average Bonchev–Trinajstić information content (AvgIpc) is 3.15. The normalized spacial score (nSPS) is 24.6. The van der Waals surface area contributed by atoms with E-state index in [4.69, 9.17) is 4.74 Å². The molecule has 186 valence electrons. The molecule has 1 aliphatic heterocycles. The monoisotopic (exact) mass is 499 g/mol. The zero-order valence-electron chi connectivity index (χ0n) is 20.8. The fourth-order valence-electron chi connectivity index (χ4n) is 6.95. The van der Waals surface area contributed by atoms with Gasteiger partial charge in [0.15, 0.2) is 0 Å². The van der Waals surface area contributed by atoms with Crippen LogP contribution < -0.4 is 9.64 Å². The topological polar surface area (TPSA) is 63.7 Å². The molecule has 5 nitrogen and oxygen atoms in total. The van der Waals surface area contributed by atoms with Gasteiger partial charge in [-0.3, -0.25) is 14.4 Å². The molecule has 5 heteroatoms. The third kappa shape index (κ3) is 3.08. The van der Waals surface area contributed by atoms with Gasteiger partial charge < -0.3 is 4.74 Å². The Morgan fingerprint density at radius 1 is 0.763 bits per heavy atom. The molecule has 0 spiro atoms. The lowest BCUT2D eigenvalue weighted by Crippen LogP contribution is -2.49. The molecular formula is C33H25NO4. The summed E-state index contributed by atoms with van der Waals surface area (Å²) in [5.74, 6) is -1.19. The van der Waals surface area contributed by atoms with E-state index in [1.807, 2.05) is 61.5 Å². The molecule has 3 aliphatic carbocycles. The van der Waals surface area contributed by atoms with Crippen LogP contribution in [0.5, 0.6) is 5.75 Å². The van der Waals surface area contributed by atoms with Crippen molar-refractivity contribution in [3.8, 4) is 5.75 Å². The summed E-state index contributed by atoms with van der Waals surface area (Å²) in [4.78, 5) is 42.0. The van der Waals surface area contributed by atoms with Crippen molar-refractivity contribution < 1.29 is 19.1 Å². The maximum Gasteiger partial charge on any atom is 0.315 e. The second-order valence-electron chi connectivity index (χ2n) is 10.5. The molecule has 0 unspecified atom stereocenters. The first-order valence-corrected chi connectivity index (χ1v) is 12.9. The maximum absolute atomic E-state index is 14.2. The van der Waals surface area contributed by atoms with E-state index in [2.05, 4.69) is 24.3 Å². The molecule has 4 aliphatic rings. The largest absolute Gasteiger partial charge is 0.426 e. The highest BCUT2D eigenvalue weighted by atomic mass is 16.5. The minimum Gasteiger partial charge on any atom is -0.426 e. The van der Waals surface area contributed by atoms with Crippen molar-refractivity contribution in [3.63, 3.8) is 0 Å². The number of hydrogen-bond acceptors (Lipinski definition) is 4. The highest BCUT2D eigenvalue weighted by molar-refractivity contribution is 6.25. The number of carbonyl (C=O) groups is 3. The number of amides is 2. The molecule has 1 saturated heterocycles. The number of esters is 1. The van der Waals surface area contributed by atoms with Crippen LogP contribution in [0.25, 0.3) is 0 Å². The number of nitrogens with zero attached hydrogens (tertiary/aromatic N) is 1. The van der Waals surface area contributed by atoms with Crippen molar-refractivity contribution in [1.82, 2.24) is 0 Å². The lowest BCUT2D eigenvalue weighted by molar-refractivity contribution is -0.133. The number of benzene rings is 4. The number of hydrogen-bond donors (Lipinski definition) is 0. The summed E-state index contributed by atoms with van der Waals surface area (Å²) in [6.45, 7) is 1.96. The molecule has 1 fully saturated rings. The number of rotatable bonds is 4. The quantitative estimate of drug-likeness (QED) is 0.208. The minimum absolute atomic E-state index is 0.162. The van der Waals surface area contributed by atoms with Gasteiger partial charge in [-0.1, -0.05) is 78.9 Å². The Labute approximate surface area is 220 Å². The van der Waals surface area contributed by atoms with Crippen LogP contribution in [-0.4, -0.2) is 17.8 Å². The van der Waals surface area contributed by atoms with Crippen LogP contribution in [-0.2, 0) is 20.8 Å². The molecule has 4 aromatic rings. The predicted molar refractivity (Wildman–Crippen MR) is 143 cm³/mol. The maximum atomic E-state index is 14.2. The minimum atomic E-state index is -0.884. The lowest BCUT2D eigenvalue weighted by Gasteiger charge is -2.51. The highest BCUT2D eigenvalue weighted by Crippen LogP contribution is 2.67. The van der Waals surface area contributed by atoms with Gasteiger partial charge >= 0.3 is 5.97 Å². The Hall–Kier alpha value is -4.51. The summed E-state index contributed by atoms with van der Waals surface area (Å²) in [6, 6.07) is 32.5. The molecule has 0 saturated carbocycles. The van der Waals surface area contributed by atoms with Gasteiger partial charge in [0.05, 0.1) is 23.4 Å². The predicted octanol–water partition coefficient (Wildman–Crippen LogP) is 5.62. The molecule has 4 aromatic carbocycles. The standard InChI is InChI=1S/C33H25NO4/c1-33-29-25-13-7-5-11-23(25)28(24-12-6-8-14-26(24)29)30(33)31(36)34(32(33)37)21-15-17-22(18-16-21)38-27(35)19-20-9-3-2-4-10-20/h2-18,28-30H,19H2,1H3/t28?,29?,30-,33-/m0/s1. The molecule has 8 rings (SSSR count). The van der Waals surface area contributed by atoms with E-state index in [1.54, 1.807) is 24.3 Å². The molecular weight excluding hydrogens is 474 g/mol. The number of ether oxygens (including phenoxy) is 1. The molecule has 0 N–H and O–H groups in total. The SMILES string of the molecule is C[C@@]12C(=O)N(c3ccc(OC(=O)Cc4ccccc4)cc3)C(=O)[C@@H]1C1c3ccccc3C2c2ccccc21. The van der Waals surface area contributed by atoms with Gasteiger partial charge in [0, 0.05) is 11.8 Å². The van der Waals surface area contributed by atoms with Crippen LogP contribution in [0.2, 0.25) is 0 Å². The second-order valence-corrected chi connectivity index (χ2v) is 10.5. The lowest BCUT2D eigenvalue weighted by atomic mass is 9.48. The molecule has 38 heavy (non-hydrogen) atoms. The van der Waals surface area contributed by atoms with E-state index in [1.165, 1.54) is 4.90 Å². The average molecular weight is 500 g/mol. The first kappa shape index (κ1) is 22.7. The number of anilines is 1. The number of carbonyl (C=O) groups excluding carboxylic acids is 3. The van der Waals surface area contributed by atoms with Crippen molar-refractivity contribution in [2.24, 2.45) is 11.3 Å². The molecule has 0 radical (unpaired) electrons. The molecule has 2 atom stereocenters.